The largest absolute Gasteiger partial charge is 0.295 e. The zero-order valence-corrected chi connectivity index (χ0v) is 21.7. The lowest BCUT2D eigenvalue weighted by molar-refractivity contribution is -0.115. The molecule has 184 valence electrons. The van der Waals surface area contributed by atoms with Crippen molar-refractivity contribution in [2.24, 2.45) is 0 Å². The minimum atomic E-state index is -0.0266. The second-order valence-corrected chi connectivity index (χ2v) is 10.2. The summed E-state index contributed by atoms with van der Waals surface area (Å²) in [4.78, 5) is 24.0. The number of nitrogens with zero attached hydrogens (tertiary/aromatic N) is 4. The first kappa shape index (κ1) is 24.4. The van der Waals surface area contributed by atoms with Gasteiger partial charge in [0.1, 0.15) is 0 Å². The molecule has 6 heteroatoms. The molecule has 0 bridgehead atoms. The summed E-state index contributed by atoms with van der Waals surface area (Å²) in [6.07, 6.45) is 0. The summed E-state index contributed by atoms with van der Waals surface area (Å²) in [5.41, 5.74) is 5.71. The number of hydrogen-bond donors (Lipinski definition) is 0. The number of hydrogen-bond acceptors (Lipinski definition) is 5. The van der Waals surface area contributed by atoms with Crippen molar-refractivity contribution >= 4 is 28.1 Å². The molecule has 36 heavy (non-hydrogen) atoms. The van der Waals surface area contributed by atoms with E-state index in [4.69, 9.17) is 4.98 Å². The highest BCUT2D eigenvalue weighted by atomic mass is 32.1. The van der Waals surface area contributed by atoms with Gasteiger partial charge >= 0.3 is 0 Å². The average Bonchev–Trinajstić information content (AvgIpc) is 3.35. The highest BCUT2D eigenvalue weighted by Gasteiger charge is 2.27. The second kappa shape index (κ2) is 11.2. The van der Waals surface area contributed by atoms with Crippen molar-refractivity contribution in [1.82, 2.24) is 14.8 Å². The van der Waals surface area contributed by atoms with Gasteiger partial charge in [0.2, 0.25) is 5.91 Å². The maximum Gasteiger partial charge on any atom is 0.230 e. The zero-order valence-electron chi connectivity index (χ0n) is 20.9. The standard InChI is InChI=1S/C30H32N4OS/c1-23-13-15-28(16-14-23)34(24(2)35)30-31-27(22-36-30)21-32-17-19-33(20-18-32)29(25-9-5-3-6-10-25)26-11-7-4-8-12-26/h3-16,22,29H,17-21H2,1-2H3. The minimum Gasteiger partial charge on any atom is -0.295 e. The first-order valence-corrected chi connectivity index (χ1v) is 13.3. The van der Waals surface area contributed by atoms with Crippen LogP contribution in [0.4, 0.5) is 10.8 Å². The molecular formula is C30H32N4OS. The summed E-state index contributed by atoms with van der Waals surface area (Å²) in [5, 5.41) is 2.82. The summed E-state index contributed by atoms with van der Waals surface area (Å²) in [7, 11) is 0. The molecule has 0 unspecified atom stereocenters. The summed E-state index contributed by atoms with van der Waals surface area (Å²) in [6.45, 7) is 8.39. The van der Waals surface area contributed by atoms with Crippen LogP contribution in [0.5, 0.6) is 0 Å². The van der Waals surface area contributed by atoms with E-state index in [1.54, 1.807) is 11.8 Å². The Morgan fingerprint density at radius 1 is 0.889 bits per heavy atom. The van der Waals surface area contributed by atoms with E-state index in [1.807, 2.05) is 31.2 Å². The zero-order chi connectivity index (χ0) is 24.9. The van der Waals surface area contributed by atoms with Gasteiger partial charge < -0.3 is 0 Å². The average molecular weight is 497 g/mol. The molecule has 3 aromatic carbocycles. The fraction of sp³-hybridized carbons (Fsp3) is 0.267. The van der Waals surface area contributed by atoms with Crippen molar-refractivity contribution in [3.63, 3.8) is 0 Å². The number of aryl methyl sites for hydroxylation is 1. The molecule has 5 nitrogen and oxygen atoms in total. The van der Waals surface area contributed by atoms with E-state index in [-0.39, 0.29) is 11.9 Å². The molecular weight excluding hydrogens is 464 g/mol. The third kappa shape index (κ3) is 5.57. The Morgan fingerprint density at radius 2 is 1.47 bits per heavy atom. The molecule has 4 aromatic rings. The van der Waals surface area contributed by atoms with Gasteiger partial charge in [0.25, 0.3) is 0 Å². The van der Waals surface area contributed by atoms with E-state index < -0.39 is 0 Å². The van der Waals surface area contributed by atoms with Gasteiger partial charge in [0, 0.05) is 45.0 Å². The number of carbonyl (C=O) groups is 1. The van der Waals surface area contributed by atoms with Gasteiger partial charge in [-0.2, -0.15) is 0 Å². The molecule has 1 fully saturated rings. The third-order valence-corrected chi connectivity index (χ3v) is 7.60. The van der Waals surface area contributed by atoms with Gasteiger partial charge in [-0.3, -0.25) is 19.5 Å². The lowest BCUT2D eigenvalue weighted by atomic mass is 9.96. The lowest BCUT2D eigenvalue weighted by Crippen LogP contribution is -2.47. The summed E-state index contributed by atoms with van der Waals surface area (Å²) in [5.74, 6) is -0.0266. The van der Waals surface area contributed by atoms with Crippen LogP contribution in [0.3, 0.4) is 0 Å². The quantitative estimate of drug-likeness (QED) is 0.313. The topological polar surface area (TPSA) is 39.7 Å². The van der Waals surface area contributed by atoms with Crippen LogP contribution < -0.4 is 4.90 Å². The maximum absolute atomic E-state index is 12.4. The second-order valence-electron chi connectivity index (χ2n) is 9.35. The molecule has 0 spiro atoms. The smallest absolute Gasteiger partial charge is 0.230 e. The van der Waals surface area contributed by atoms with Gasteiger partial charge in [-0.05, 0) is 30.2 Å². The minimum absolute atomic E-state index is 0.0266. The molecule has 1 aromatic heterocycles. The van der Waals surface area contributed by atoms with Gasteiger partial charge in [-0.15, -0.1) is 11.3 Å². The molecule has 0 saturated carbocycles. The Hall–Kier alpha value is -3.32. The summed E-state index contributed by atoms with van der Waals surface area (Å²) in [6, 6.07) is 29.9. The molecule has 0 atom stereocenters. The van der Waals surface area contributed by atoms with Crippen LogP contribution in [-0.4, -0.2) is 46.9 Å². The number of anilines is 2. The summed E-state index contributed by atoms with van der Waals surface area (Å²) >= 11 is 1.53. The highest BCUT2D eigenvalue weighted by molar-refractivity contribution is 7.14. The molecule has 0 aliphatic carbocycles. The fourth-order valence-electron chi connectivity index (χ4n) is 4.89. The van der Waals surface area contributed by atoms with Crippen molar-refractivity contribution in [1.29, 1.82) is 0 Å². The number of rotatable bonds is 7. The molecule has 1 aliphatic rings. The van der Waals surface area contributed by atoms with Crippen LogP contribution >= 0.6 is 11.3 Å². The number of thiazole rings is 1. The van der Waals surface area contributed by atoms with Crippen molar-refractivity contribution in [2.75, 3.05) is 31.1 Å². The molecule has 1 saturated heterocycles. The number of piperazine rings is 1. The first-order chi connectivity index (χ1) is 17.6. The monoisotopic (exact) mass is 496 g/mol. The fourth-order valence-corrected chi connectivity index (χ4v) is 5.76. The summed E-state index contributed by atoms with van der Waals surface area (Å²) < 4.78 is 0. The molecule has 2 heterocycles. The van der Waals surface area contributed by atoms with Crippen molar-refractivity contribution in [3.8, 4) is 0 Å². The molecule has 0 radical (unpaired) electrons. The number of amides is 1. The van der Waals surface area contributed by atoms with E-state index in [9.17, 15) is 4.79 Å². The van der Waals surface area contributed by atoms with Crippen LogP contribution in [0.25, 0.3) is 0 Å². The molecule has 0 N–H and O–H groups in total. The van der Waals surface area contributed by atoms with Crippen molar-refractivity contribution < 1.29 is 4.79 Å². The Labute approximate surface area is 217 Å². The van der Waals surface area contributed by atoms with Crippen LogP contribution in [0.2, 0.25) is 0 Å². The van der Waals surface area contributed by atoms with Gasteiger partial charge in [0.15, 0.2) is 5.13 Å². The molecule has 1 aliphatic heterocycles. The normalized spacial score (nSPS) is 14.8. The van der Waals surface area contributed by atoms with E-state index >= 15 is 0 Å². The van der Waals surface area contributed by atoms with Gasteiger partial charge in [0.05, 0.1) is 17.4 Å². The van der Waals surface area contributed by atoms with Crippen LogP contribution in [-0.2, 0) is 11.3 Å². The number of benzene rings is 3. The number of carbonyl (C=O) groups excluding carboxylic acids is 1. The van der Waals surface area contributed by atoms with Gasteiger partial charge in [-0.25, -0.2) is 4.98 Å². The lowest BCUT2D eigenvalue weighted by Gasteiger charge is -2.39. The van der Waals surface area contributed by atoms with Crippen LogP contribution in [0, 0.1) is 6.92 Å². The van der Waals surface area contributed by atoms with E-state index in [2.05, 4.69) is 75.8 Å². The van der Waals surface area contributed by atoms with E-state index in [0.29, 0.717) is 0 Å². The first-order valence-electron chi connectivity index (χ1n) is 12.5. The Bertz CT molecular complexity index is 1230. The SMILES string of the molecule is CC(=O)N(c1ccc(C)cc1)c1nc(CN2CCN(C(c3ccccc3)c3ccccc3)CC2)cs1. The van der Waals surface area contributed by atoms with Crippen LogP contribution in [0.15, 0.2) is 90.3 Å². The van der Waals surface area contributed by atoms with E-state index in [1.165, 1.54) is 28.0 Å². The van der Waals surface area contributed by atoms with Gasteiger partial charge in [-0.1, -0.05) is 78.4 Å². The Balaban J connectivity index is 1.26. The molecule has 1 amide bonds. The van der Waals surface area contributed by atoms with E-state index in [0.717, 1.165) is 49.2 Å². The third-order valence-electron chi connectivity index (χ3n) is 6.73. The molecule has 5 rings (SSSR count). The predicted octanol–water partition coefficient (Wildman–Crippen LogP) is 6.04. The van der Waals surface area contributed by atoms with Crippen LogP contribution in [0.1, 0.15) is 35.3 Å². The Kier molecular flexibility index (Phi) is 7.56. The van der Waals surface area contributed by atoms with Crippen molar-refractivity contribution in [3.05, 3.63) is 113 Å². The maximum atomic E-state index is 12.4. The number of aromatic nitrogens is 1. The Morgan fingerprint density at radius 3 is 2.03 bits per heavy atom. The van der Waals surface area contributed by atoms with Crippen molar-refractivity contribution in [2.45, 2.75) is 26.4 Å². The highest BCUT2D eigenvalue weighted by Crippen LogP contribution is 2.31. The predicted molar refractivity (Wildman–Crippen MR) is 148 cm³/mol.